The molecule has 4 heteroatoms. The lowest BCUT2D eigenvalue weighted by Crippen LogP contribution is -2.31. The Kier molecular flexibility index (Phi) is 2.04. The zero-order chi connectivity index (χ0) is 9.59. The molecule has 2 rings (SSSR count). The van der Waals surface area contributed by atoms with E-state index >= 15 is 0 Å². The van der Waals surface area contributed by atoms with E-state index in [0.717, 1.165) is 19.6 Å². The van der Waals surface area contributed by atoms with E-state index in [0.29, 0.717) is 12.0 Å². The molecule has 1 N–H and O–H groups in total. The average molecular weight is 184 g/mol. The smallest absolute Gasteiger partial charge is 0.308 e. The summed E-state index contributed by atoms with van der Waals surface area (Å²) in [5.41, 5.74) is 0. The number of carboxylic acids is 1. The SMILES string of the molecule is CN1CC2C(C(=O)O)CN(C)C2C1. The number of rotatable bonds is 1. The van der Waals surface area contributed by atoms with Gasteiger partial charge in [-0.1, -0.05) is 0 Å². The maximum atomic E-state index is 11.0. The molecule has 0 saturated carbocycles. The van der Waals surface area contributed by atoms with Crippen molar-refractivity contribution in [2.45, 2.75) is 6.04 Å². The molecular weight excluding hydrogens is 168 g/mol. The van der Waals surface area contributed by atoms with Gasteiger partial charge in [-0.2, -0.15) is 0 Å². The Balaban J connectivity index is 2.14. The quantitative estimate of drug-likeness (QED) is 0.600. The van der Waals surface area contributed by atoms with Gasteiger partial charge in [0.15, 0.2) is 0 Å². The van der Waals surface area contributed by atoms with Gasteiger partial charge in [0, 0.05) is 31.6 Å². The van der Waals surface area contributed by atoms with Gasteiger partial charge in [0.2, 0.25) is 0 Å². The number of carbonyl (C=O) groups is 1. The van der Waals surface area contributed by atoms with Crippen molar-refractivity contribution in [3.05, 3.63) is 0 Å². The van der Waals surface area contributed by atoms with Gasteiger partial charge < -0.3 is 14.9 Å². The van der Waals surface area contributed by atoms with Gasteiger partial charge in [0.25, 0.3) is 0 Å². The Morgan fingerprint density at radius 3 is 2.62 bits per heavy atom. The van der Waals surface area contributed by atoms with E-state index in [1.807, 2.05) is 7.05 Å². The molecule has 2 fully saturated rings. The Morgan fingerprint density at radius 2 is 2.00 bits per heavy atom. The third-order valence-electron chi connectivity index (χ3n) is 3.40. The van der Waals surface area contributed by atoms with Crippen LogP contribution in [0.4, 0.5) is 0 Å². The van der Waals surface area contributed by atoms with Gasteiger partial charge in [0.05, 0.1) is 5.92 Å². The molecule has 3 atom stereocenters. The van der Waals surface area contributed by atoms with Crippen molar-refractivity contribution >= 4 is 5.97 Å². The van der Waals surface area contributed by atoms with E-state index in [4.69, 9.17) is 5.11 Å². The predicted octanol–water partition coefficient (Wildman–Crippen LogP) is -0.437. The van der Waals surface area contributed by atoms with Crippen molar-refractivity contribution in [2.24, 2.45) is 11.8 Å². The number of aliphatic carboxylic acids is 1. The molecule has 3 unspecified atom stereocenters. The van der Waals surface area contributed by atoms with Gasteiger partial charge in [-0.15, -0.1) is 0 Å². The van der Waals surface area contributed by atoms with Gasteiger partial charge in [0.1, 0.15) is 0 Å². The average Bonchev–Trinajstić information content (AvgIpc) is 2.51. The van der Waals surface area contributed by atoms with Crippen LogP contribution < -0.4 is 0 Å². The third-order valence-corrected chi connectivity index (χ3v) is 3.40. The number of hydrogen-bond acceptors (Lipinski definition) is 3. The summed E-state index contributed by atoms with van der Waals surface area (Å²) >= 11 is 0. The van der Waals surface area contributed by atoms with Crippen molar-refractivity contribution in [2.75, 3.05) is 33.7 Å². The van der Waals surface area contributed by atoms with Gasteiger partial charge in [-0.05, 0) is 14.1 Å². The lowest BCUT2D eigenvalue weighted by molar-refractivity contribution is -0.142. The minimum Gasteiger partial charge on any atom is -0.481 e. The molecule has 4 nitrogen and oxygen atoms in total. The Labute approximate surface area is 78.1 Å². The Bertz CT molecular complexity index is 232. The van der Waals surface area contributed by atoms with E-state index in [1.165, 1.54) is 0 Å². The van der Waals surface area contributed by atoms with Crippen LogP contribution in [-0.2, 0) is 4.79 Å². The van der Waals surface area contributed by atoms with Crippen LogP contribution in [0.25, 0.3) is 0 Å². The summed E-state index contributed by atoms with van der Waals surface area (Å²) in [6, 6.07) is 0.464. The van der Waals surface area contributed by atoms with Crippen LogP contribution in [-0.4, -0.2) is 60.6 Å². The predicted molar refractivity (Wildman–Crippen MR) is 48.5 cm³/mol. The second kappa shape index (κ2) is 2.96. The van der Waals surface area contributed by atoms with E-state index in [9.17, 15) is 4.79 Å². The van der Waals surface area contributed by atoms with Crippen LogP contribution >= 0.6 is 0 Å². The molecule has 0 bridgehead atoms. The van der Waals surface area contributed by atoms with Crippen LogP contribution in [0.1, 0.15) is 0 Å². The minimum atomic E-state index is -0.630. The molecular formula is C9H16N2O2. The highest BCUT2D eigenvalue weighted by Gasteiger charge is 2.47. The molecule has 2 heterocycles. The zero-order valence-electron chi connectivity index (χ0n) is 8.10. The molecule has 0 spiro atoms. The molecule has 0 radical (unpaired) electrons. The second-order valence-corrected chi connectivity index (χ2v) is 4.34. The highest BCUT2D eigenvalue weighted by molar-refractivity contribution is 5.71. The van der Waals surface area contributed by atoms with Gasteiger partial charge in [-0.25, -0.2) is 0 Å². The summed E-state index contributed by atoms with van der Waals surface area (Å²) in [7, 11) is 4.09. The molecule has 0 amide bonds. The summed E-state index contributed by atoms with van der Waals surface area (Å²) in [6.45, 7) is 2.68. The van der Waals surface area contributed by atoms with Crippen LogP contribution in [0.3, 0.4) is 0 Å². The first kappa shape index (κ1) is 8.97. The molecule has 2 aliphatic rings. The lowest BCUT2D eigenvalue weighted by Gasteiger charge is -2.17. The van der Waals surface area contributed by atoms with E-state index < -0.39 is 5.97 Å². The Hall–Kier alpha value is -0.610. The molecule has 0 aromatic heterocycles. The van der Waals surface area contributed by atoms with Gasteiger partial charge >= 0.3 is 5.97 Å². The van der Waals surface area contributed by atoms with E-state index in [2.05, 4.69) is 16.8 Å². The summed E-state index contributed by atoms with van der Waals surface area (Å²) in [5, 5.41) is 9.02. The summed E-state index contributed by atoms with van der Waals surface area (Å²) in [5.74, 6) is -0.442. The van der Waals surface area contributed by atoms with Crippen LogP contribution in [0.2, 0.25) is 0 Å². The van der Waals surface area contributed by atoms with Crippen LogP contribution in [0.15, 0.2) is 0 Å². The van der Waals surface area contributed by atoms with Crippen molar-refractivity contribution in [3.63, 3.8) is 0 Å². The maximum absolute atomic E-state index is 11.0. The number of likely N-dealkylation sites (N-methyl/N-ethyl adjacent to an activating group) is 2. The number of carboxylic acid groups (broad SMARTS) is 1. The number of fused-ring (bicyclic) bond motifs is 1. The van der Waals surface area contributed by atoms with Crippen molar-refractivity contribution < 1.29 is 9.90 Å². The maximum Gasteiger partial charge on any atom is 0.308 e. The summed E-state index contributed by atoms with van der Waals surface area (Å²) in [4.78, 5) is 15.4. The van der Waals surface area contributed by atoms with E-state index in [-0.39, 0.29) is 5.92 Å². The molecule has 74 valence electrons. The number of likely N-dealkylation sites (tertiary alicyclic amines) is 2. The van der Waals surface area contributed by atoms with Crippen molar-refractivity contribution in [1.29, 1.82) is 0 Å². The highest BCUT2D eigenvalue weighted by atomic mass is 16.4. The fraction of sp³-hybridized carbons (Fsp3) is 0.889. The Morgan fingerprint density at radius 1 is 1.31 bits per heavy atom. The fourth-order valence-electron chi connectivity index (χ4n) is 2.71. The molecule has 0 aromatic rings. The molecule has 2 saturated heterocycles. The fourth-order valence-corrected chi connectivity index (χ4v) is 2.71. The molecule has 13 heavy (non-hydrogen) atoms. The first-order valence-electron chi connectivity index (χ1n) is 4.71. The standard InChI is InChI=1S/C9H16N2O2/c1-10-3-6-7(9(12)13)4-11(2)8(6)5-10/h6-8H,3-5H2,1-2H3,(H,12,13). The second-order valence-electron chi connectivity index (χ2n) is 4.34. The lowest BCUT2D eigenvalue weighted by atomic mass is 9.93. The van der Waals surface area contributed by atoms with Crippen molar-refractivity contribution in [3.8, 4) is 0 Å². The third kappa shape index (κ3) is 1.34. The zero-order valence-corrected chi connectivity index (χ0v) is 8.10. The van der Waals surface area contributed by atoms with Crippen LogP contribution in [0, 0.1) is 11.8 Å². The molecule has 0 aliphatic carbocycles. The van der Waals surface area contributed by atoms with E-state index in [1.54, 1.807) is 0 Å². The largest absolute Gasteiger partial charge is 0.481 e. The monoisotopic (exact) mass is 184 g/mol. The molecule has 0 aromatic carbocycles. The van der Waals surface area contributed by atoms with Crippen molar-refractivity contribution in [1.82, 2.24) is 9.80 Å². The van der Waals surface area contributed by atoms with Gasteiger partial charge in [-0.3, -0.25) is 4.79 Å². The normalized spacial score (nSPS) is 40.9. The first-order valence-corrected chi connectivity index (χ1v) is 4.71. The highest BCUT2D eigenvalue weighted by Crippen LogP contribution is 2.34. The number of nitrogens with zero attached hydrogens (tertiary/aromatic N) is 2. The topological polar surface area (TPSA) is 43.8 Å². The summed E-state index contributed by atoms with van der Waals surface area (Å²) < 4.78 is 0. The minimum absolute atomic E-state index is 0.153. The first-order chi connectivity index (χ1) is 6.09. The van der Waals surface area contributed by atoms with Crippen LogP contribution in [0.5, 0.6) is 0 Å². The molecule has 2 aliphatic heterocycles. The summed E-state index contributed by atoms with van der Waals surface area (Å²) in [6.07, 6.45) is 0. The number of hydrogen-bond donors (Lipinski definition) is 1.